The maximum Gasteiger partial charge on any atom is 0.264 e. The van der Waals surface area contributed by atoms with Gasteiger partial charge in [-0.1, -0.05) is 64.0 Å². The Balaban J connectivity index is 2.04. The molecule has 9 heteroatoms. The van der Waals surface area contributed by atoms with Gasteiger partial charge in [0.25, 0.3) is 10.0 Å². The van der Waals surface area contributed by atoms with Gasteiger partial charge in [0.05, 0.1) is 10.6 Å². The van der Waals surface area contributed by atoms with Crippen molar-refractivity contribution < 1.29 is 18.0 Å². The lowest BCUT2D eigenvalue weighted by Crippen LogP contribution is -2.51. The lowest BCUT2D eigenvalue weighted by atomic mass is 10.1. The standard InChI is InChI=1S/C28H32BrN3O4S/c1-5-30-28(34)22(4)31(18-23-10-7-6-9-21(23)3)27(33)19-32(25-12-8-11-24(29)17-25)37(35,36)26-15-13-20(2)14-16-26/h6-17,22H,5,18-19H2,1-4H3,(H,30,34)/t22-/m0/s1. The predicted octanol–water partition coefficient (Wildman–Crippen LogP) is 4.81. The fourth-order valence-corrected chi connectivity index (χ4v) is 5.67. The quantitative estimate of drug-likeness (QED) is 0.370. The number of nitrogens with one attached hydrogen (secondary N) is 1. The summed E-state index contributed by atoms with van der Waals surface area (Å²) in [5.74, 6) is -0.794. The molecule has 0 aliphatic heterocycles. The van der Waals surface area contributed by atoms with E-state index in [0.29, 0.717) is 16.7 Å². The number of anilines is 1. The summed E-state index contributed by atoms with van der Waals surface area (Å²) in [6, 6.07) is 20.1. The van der Waals surface area contributed by atoms with Crippen molar-refractivity contribution in [3.63, 3.8) is 0 Å². The Bertz CT molecular complexity index is 1360. The molecule has 37 heavy (non-hydrogen) atoms. The van der Waals surface area contributed by atoms with Gasteiger partial charge < -0.3 is 10.2 Å². The average Bonchev–Trinajstić information content (AvgIpc) is 2.86. The van der Waals surface area contributed by atoms with Gasteiger partial charge in [-0.15, -0.1) is 0 Å². The van der Waals surface area contributed by atoms with Crippen molar-refractivity contribution in [1.82, 2.24) is 10.2 Å². The largest absolute Gasteiger partial charge is 0.355 e. The number of aryl methyl sites for hydroxylation is 2. The Kier molecular flexibility index (Phi) is 9.50. The zero-order chi connectivity index (χ0) is 27.2. The zero-order valence-corrected chi connectivity index (χ0v) is 23.8. The topological polar surface area (TPSA) is 86.8 Å². The summed E-state index contributed by atoms with van der Waals surface area (Å²) < 4.78 is 29.4. The molecule has 2 amide bonds. The van der Waals surface area contributed by atoms with Crippen LogP contribution in [-0.4, -0.2) is 44.3 Å². The minimum absolute atomic E-state index is 0.0769. The lowest BCUT2D eigenvalue weighted by Gasteiger charge is -2.32. The molecule has 0 bridgehead atoms. The van der Waals surface area contributed by atoms with Crippen molar-refractivity contribution in [3.8, 4) is 0 Å². The van der Waals surface area contributed by atoms with Crippen LogP contribution in [0.1, 0.15) is 30.5 Å². The second kappa shape index (κ2) is 12.4. The number of hydrogen-bond donors (Lipinski definition) is 1. The number of benzene rings is 3. The van der Waals surface area contributed by atoms with Crippen LogP contribution >= 0.6 is 15.9 Å². The van der Waals surface area contributed by atoms with Crippen LogP contribution < -0.4 is 9.62 Å². The monoisotopic (exact) mass is 585 g/mol. The maximum atomic E-state index is 13.8. The Morgan fingerprint density at radius 3 is 2.27 bits per heavy atom. The van der Waals surface area contributed by atoms with E-state index in [1.165, 1.54) is 17.0 Å². The highest BCUT2D eigenvalue weighted by molar-refractivity contribution is 9.10. The van der Waals surface area contributed by atoms with Crippen LogP contribution in [0.15, 0.2) is 82.2 Å². The molecular weight excluding hydrogens is 554 g/mol. The van der Waals surface area contributed by atoms with E-state index in [4.69, 9.17) is 0 Å². The number of carbonyl (C=O) groups is 2. The molecule has 0 fully saturated rings. The van der Waals surface area contributed by atoms with Crippen molar-refractivity contribution in [3.05, 3.63) is 94.0 Å². The van der Waals surface area contributed by atoms with Crippen molar-refractivity contribution in [2.45, 2.75) is 45.2 Å². The first-order valence-corrected chi connectivity index (χ1v) is 14.2. The first-order chi connectivity index (χ1) is 17.5. The first-order valence-electron chi connectivity index (χ1n) is 12.0. The number of rotatable bonds is 10. The fraction of sp³-hybridized carbons (Fsp3) is 0.286. The van der Waals surface area contributed by atoms with Crippen LogP contribution in [0.2, 0.25) is 0 Å². The molecule has 7 nitrogen and oxygen atoms in total. The van der Waals surface area contributed by atoms with E-state index < -0.39 is 28.5 Å². The number of carbonyl (C=O) groups excluding carboxylic acids is 2. The van der Waals surface area contributed by atoms with Gasteiger partial charge in [-0.3, -0.25) is 13.9 Å². The minimum Gasteiger partial charge on any atom is -0.355 e. The summed E-state index contributed by atoms with van der Waals surface area (Å²) >= 11 is 3.40. The summed E-state index contributed by atoms with van der Waals surface area (Å²) in [7, 11) is -4.09. The van der Waals surface area contributed by atoms with Crippen LogP contribution in [0.25, 0.3) is 0 Å². The van der Waals surface area contributed by atoms with Gasteiger partial charge in [0.1, 0.15) is 12.6 Å². The molecule has 3 aromatic carbocycles. The summed E-state index contributed by atoms with van der Waals surface area (Å²) in [5.41, 5.74) is 3.11. The second-order valence-corrected chi connectivity index (χ2v) is 11.6. The Labute approximate surface area is 227 Å². The molecule has 0 radical (unpaired) electrons. The molecule has 0 saturated carbocycles. The smallest absolute Gasteiger partial charge is 0.264 e. The molecule has 3 rings (SSSR count). The molecule has 0 spiro atoms. The fourth-order valence-electron chi connectivity index (χ4n) is 3.87. The SMILES string of the molecule is CCNC(=O)[C@H](C)N(Cc1ccccc1C)C(=O)CN(c1cccc(Br)c1)S(=O)(=O)c1ccc(C)cc1. The molecular formula is C28H32BrN3O4S. The molecule has 196 valence electrons. The molecule has 1 N–H and O–H groups in total. The number of hydrogen-bond acceptors (Lipinski definition) is 4. The summed E-state index contributed by atoms with van der Waals surface area (Å²) in [5, 5.41) is 2.76. The molecule has 0 unspecified atom stereocenters. The summed E-state index contributed by atoms with van der Waals surface area (Å²) in [4.78, 5) is 28.1. The molecule has 0 aliphatic rings. The van der Waals surface area contributed by atoms with E-state index in [1.54, 1.807) is 50.2 Å². The van der Waals surface area contributed by atoms with Gasteiger partial charge in [-0.25, -0.2) is 8.42 Å². The number of likely N-dealkylation sites (N-methyl/N-ethyl adjacent to an activating group) is 1. The predicted molar refractivity (Wildman–Crippen MR) is 150 cm³/mol. The summed E-state index contributed by atoms with van der Waals surface area (Å²) in [6.07, 6.45) is 0. The van der Waals surface area contributed by atoms with Crippen LogP contribution in [0.5, 0.6) is 0 Å². The minimum atomic E-state index is -4.09. The summed E-state index contributed by atoms with van der Waals surface area (Å²) in [6.45, 7) is 7.38. The van der Waals surface area contributed by atoms with Crippen molar-refractivity contribution in [2.75, 3.05) is 17.4 Å². The van der Waals surface area contributed by atoms with Crippen molar-refractivity contribution in [1.29, 1.82) is 0 Å². The van der Waals surface area contributed by atoms with Crippen LogP contribution in [0.3, 0.4) is 0 Å². The van der Waals surface area contributed by atoms with Gasteiger partial charge in [0.2, 0.25) is 11.8 Å². The van der Waals surface area contributed by atoms with E-state index >= 15 is 0 Å². The van der Waals surface area contributed by atoms with E-state index in [0.717, 1.165) is 21.0 Å². The molecule has 0 saturated heterocycles. The van der Waals surface area contributed by atoms with Crippen LogP contribution in [0, 0.1) is 13.8 Å². The van der Waals surface area contributed by atoms with Gasteiger partial charge >= 0.3 is 0 Å². The molecule has 3 aromatic rings. The van der Waals surface area contributed by atoms with E-state index in [9.17, 15) is 18.0 Å². The number of halogens is 1. The highest BCUT2D eigenvalue weighted by Gasteiger charge is 2.32. The Hall–Kier alpha value is -3.17. The molecule has 0 heterocycles. The van der Waals surface area contributed by atoms with E-state index in [-0.39, 0.29) is 17.3 Å². The molecule has 0 aliphatic carbocycles. The molecule has 1 atom stereocenters. The van der Waals surface area contributed by atoms with Gasteiger partial charge in [-0.2, -0.15) is 0 Å². The van der Waals surface area contributed by atoms with Gasteiger partial charge in [0.15, 0.2) is 0 Å². The van der Waals surface area contributed by atoms with Crippen LogP contribution in [-0.2, 0) is 26.2 Å². The third-order valence-corrected chi connectivity index (χ3v) is 8.39. The highest BCUT2D eigenvalue weighted by Crippen LogP contribution is 2.27. The van der Waals surface area contributed by atoms with Crippen molar-refractivity contribution >= 4 is 43.5 Å². The zero-order valence-electron chi connectivity index (χ0n) is 21.4. The Morgan fingerprint density at radius 2 is 1.65 bits per heavy atom. The van der Waals surface area contributed by atoms with Crippen molar-refractivity contribution in [2.24, 2.45) is 0 Å². The normalized spacial score (nSPS) is 12.0. The van der Waals surface area contributed by atoms with Gasteiger partial charge in [0, 0.05) is 17.6 Å². The number of sulfonamides is 1. The maximum absolute atomic E-state index is 13.8. The lowest BCUT2D eigenvalue weighted by molar-refractivity contribution is -0.139. The third-order valence-electron chi connectivity index (χ3n) is 6.10. The van der Waals surface area contributed by atoms with E-state index in [2.05, 4.69) is 21.2 Å². The number of amides is 2. The Morgan fingerprint density at radius 1 is 0.973 bits per heavy atom. The second-order valence-electron chi connectivity index (χ2n) is 8.82. The van der Waals surface area contributed by atoms with E-state index in [1.807, 2.05) is 38.1 Å². The van der Waals surface area contributed by atoms with Crippen LogP contribution in [0.4, 0.5) is 5.69 Å². The van der Waals surface area contributed by atoms with Gasteiger partial charge in [-0.05, 0) is 69.2 Å². The first kappa shape index (κ1) is 28.4. The molecule has 0 aromatic heterocycles. The number of nitrogens with zero attached hydrogens (tertiary/aromatic N) is 2. The highest BCUT2D eigenvalue weighted by atomic mass is 79.9. The average molecular weight is 587 g/mol. The third kappa shape index (κ3) is 6.99.